The Morgan fingerprint density at radius 1 is 1.56 bits per heavy atom. The predicted molar refractivity (Wildman–Crippen MR) is 56.6 cm³/mol. The largest absolute Gasteiger partial charge is 0.0938 e. The minimum absolute atomic E-state index is 0.492. The summed E-state index contributed by atoms with van der Waals surface area (Å²) in [5, 5.41) is 0.878. The zero-order valence-electron chi connectivity index (χ0n) is 5.69. The molecule has 1 aliphatic rings. The highest BCUT2D eigenvalue weighted by molar-refractivity contribution is 14.1. The van der Waals surface area contributed by atoms with Gasteiger partial charge in [0, 0.05) is 14.4 Å². The zero-order valence-corrected chi connectivity index (χ0v) is 9.48. The lowest BCUT2D eigenvalue weighted by atomic mass is 10.1. The van der Waals surface area contributed by atoms with Gasteiger partial charge >= 0.3 is 0 Å². The summed E-state index contributed by atoms with van der Waals surface area (Å²) in [6, 6.07) is 0. The van der Waals surface area contributed by atoms with E-state index in [-0.39, 0.29) is 0 Å². The van der Waals surface area contributed by atoms with Gasteiger partial charge in [-0.05, 0) is 20.3 Å². The van der Waals surface area contributed by atoms with Crippen molar-refractivity contribution in [3.8, 4) is 0 Å². The van der Waals surface area contributed by atoms with Crippen LogP contribution < -0.4 is 0 Å². The van der Waals surface area contributed by atoms with Crippen LogP contribution in [0.25, 0.3) is 0 Å². The molecular formula is C6H11IS2. The molecule has 1 saturated heterocycles. The molecule has 0 amide bonds. The van der Waals surface area contributed by atoms with Gasteiger partial charge in [-0.2, -0.15) is 0 Å². The highest BCUT2D eigenvalue weighted by Gasteiger charge is 2.30. The fraction of sp³-hybridized carbons (Fsp3) is 1.00. The summed E-state index contributed by atoms with van der Waals surface area (Å²) in [6.07, 6.45) is 1.39. The van der Waals surface area contributed by atoms with Crippen molar-refractivity contribution in [2.24, 2.45) is 0 Å². The zero-order chi connectivity index (χ0) is 6.91. The number of halogens is 1. The number of rotatable bonds is 1. The molecule has 0 aromatic heterocycles. The fourth-order valence-corrected chi connectivity index (χ4v) is 5.27. The van der Waals surface area contributed by atoms with Crippen molar-refractivity contribution in [1.29, 1.82) is 0 Å². The SMILES string of the molecule is CC(C)(I)C1CCSS1. The molecule has 54 valence electrons. The second kappa shape index (κ2) is 3.22. The molecule has 0 aromatic rings. The van der Waals surface area contributed by atoms with Gasteiger partial charge < -0.3 is 0 Å². The van der Waals surface area contributed by atoms with Crippen LogP contribution in [0, 0.1) is 0 Å². The Morgan fingerprint density at radius 3 is 2.44 bits per heavy atom. The first-order chi connectivity index (χ1) is 4.11. The van der Waals surface area contributed by atoms with Crippen LogP contribution >= 0.6 is 44.2 Å². The molecule has 9 heavy (non-hydrogen) atoms. The molecule has 1 atom stereocenters. The minimum atomic E-state index is 0.492. The van der Waals surface area contributed by atoms with E-state index in [0.717, 1.165) is 5.25 Å². The van der Waals surface area contributed by atoms with Crippen molar-refractivity contribution in [1.82, 2.24) is 0 Å². The lowest BCUT2D eigenvalue weighted by Crippen LogP contribution is -2.23. The average molecular weight is 274 g/mol. The van der Waals surface area contributed by atoms with E-state index in [1.54, 1.807) is 0 Å². The summed E-state index contributed by atoms with van der Waals surface area (Å²) in [7, 11) is 4.08. The molecule has 1 unspecified atom stereocenters. The molecule has 0 bridgehead atoms. The van der Waals surface area contributed by atoms with E-state index in [1.807, 2.05) is 10.8 Å². The third-order valence-corrected chi connectivity index (χ3v) is 5.79. The molecule has 0 aromatic carbocycles. The summed E-state index contributed by atoms with van der Waals surface area (Å²) in [5.74, 6) is 1.35. The van der Waals surface area contributed by atoms with Crippen molar-refractivity contribution < 1.29 is 0 Å². The second-order valence-electron chi connectivity index (χ2n) is 2.76. The summed E-state index contributed by atoms with van der Waals surface area (Å²) in [5.41, 5.74) is 0. The maximum absolute atomic E-state index is 2.54. The Kier molecular flexibility index (Phi) is 3.05. The van der Waals surface area contributed by atoms with E-state index in [0.29, 0.717) is 3.42 Å². The van der Waals surface area contributed by atoms with Crippen LogP contribution in [-0.2, 0) is 0 Å². The Labute approximate surface area is 78.5 Å². The molecule has 0 nitrogen and oxygen atoms in total. The third-order valence-electron chi connectivity index (χ3n) is 1.41. The van der Waals surface area contributed by atoms with Crippen molar-refractivity contribution in [3.63, 3.8) is 0 Å². The van der Waals surface area contributed by atoms with Crippen LogP contribution in [0.3, 0.4) is 0 Å². The highest BCUT2D eigenvalue weighted by Crippen LogP contribution is 2.45. The van der Waals surface area contributed by atoms with E-state index in [1.165, 1.54) is 12.2 Å². The topological polar surface area (TPSA) is 0 Å². The van der Waals surface area contributed by atoms with Crippen LogP contribution in [0.4, 0.5) is 0 Å². The van der Waals surface area contributed by atoms with Crippen LogP contribution in [0.2, 0.25) is 0 Å². The van der Waals surface area contributed by atoms with Gasteiger partial charge in [0.25, 0.3) is 0 Å². The fourth-order valence-electron chi connectivity index (χ4n) is 0.791. The summed E-state index contributed by atoms with van der Waals surface area (Å²) in [6.45, 7) is 4.63. The first-order valence-electron chi connectivity index (χ1n) is 3.08. The highest BCUT2D eigenvalue weighted by atomic mass is 127. The Morgan fingerprint density at radius 2 is 2.22 bits per heavy atom. The van der Waals surface area contributed by atoms with Gasteiger partial charge in [0.15, 0.2) is 0 Å². The van der Waals surface area contributed by atoms with Gasteiger partial charge in [-0.15, -0.1) is 0 Å². The van der Waals surface area contributed by atoms with E-state index in [2.05, 4.69) is 47.2 Å². The van der Waals surface area contributed by atoms with E-state index < -0.39 is 0 Å². The molecule has 0 aliphatic carbocycles. The molecule has 1 aliphatic heterocycles. The average Bonchev–Trinajstić information content (AvgIpc) is 2.08. The Balaban J connectivity index is 2.42. The standard InChI is InChI=1S/C6H11IS2/c1-6(2,7)5-3-4-8-9-5/h5H,3-4H2,1-2H3. The van der Waals surface area contributed by atoms with Gasteiger partial charge in [0.2, 0.25) is 0 Å². The molecule has 0 saturated carbocycles. The molecule has 1 heterocycles. The van der Waals surface area contributed by atoms with Gasteiger partial charge in [-0.1, -0.05) is 44.2 Å². The van der Waals surface area contributed by atoms with Gasteiger partial charge in [-0.25, -0.2) is 0 Å². The smallest absolute Gasteiger partial charge is 0.0300 e. The van der Waals surface area contributed by atoms with E-state index >= 15 is 0 Å². The van der Waals surface area contributed by atoms with Gasteiger partial charge in [0.05, 0.1) is 0 Å². The maximum Gasteiger partial charge on any atom is 0.0300 e. The number of alkyl halides is 1. The van der Waals surface area contributed by atoms with Crippen LogP contribution in [0.1, 0.15) is 20.3 Å². The first-order valence-corrected chi connectivity index (χ1v) is 6.54. The van der Waals surface area contributed by atoms with E-state index in [9.17, 15) is 0 Å². The normalized spacial score (nSPS) is 29.0. The quantitative estimate of drug-likeness (QED) is 0.408. The van der Waals surface area contributed by atoms with E-state index in [4.69, 9.17) is 0 Å². The van der Waals surface area contributed by atoms with Crippen LogP contribution in [0.15, 0.2) is 0 Å². The molecular weight excluding hydrogens is 263 g/mol. The van der Waals surface area contributed by atoms with Crippen molar-refractivity contribution >= 4 is 44.2 Å². The molecule has 1 rings (SSSR count). The van der Waals surface area contributed by atoms with Crippen molar-refractivity contribution in [2.75, 3.05) is 5.75 Å². The monoisotopic (exact) mass is 274 g/mol. The van der Waals surface area contributed by atoms with Crippen LogP contribution in [0.5, 0.6) is 0 Å². The maximum atomic E-state index is 2.54. The first kappa shape index (κ1) is 8.53. The third kappa shape index (κ3) is 2.50. The summed E-state index contributed by atoms with van der Waals surface area (Å²) < 4.78 is 0.492. The molecule has 0 spiro atoms. The minimum Gasteiger partial charge on any atom is -0.0938 e. The summed E-state index contributed by atoms with van der Waals surface area (Å²) >= 11 is 2.54. The number of hydrogen-bond donors (Lipinski definition) is 0. The van der Waals surface area contributed by atoms with Crippen molar-refractivity contribution in [3.05, 3.63) is 0 Å². The van der Waals surface area contributed by atoms with Gasteiger partial charge in [0.1, 0.15) is 0 Å². The molecule has 0 radical (unpaired) electrons. The Bertz CT molecular complexity index is 91.7. The van der Waals surface area contributed by atoms with Crippen LogP contribution in [-0.4, -0.2) is 14.4 Å². The molecule has 1 fully saturated rings. The van der Waals surface area contributed by atoms with Crippen molar-refractivity contribution in [2.45, 2.75) is 28.9 Å². The predicted octanol–water partition coefficient (Wildman–Crippen LogP) is 3.35. The molecule has 3 heteroatoms. The lowest BCUT2D eigenvalue weighted by Gasteiger charge is -2.22. The number of hydrogen-bond acceptors (Lipinski definition) is 2. The second-order valence-corrected chi connectivity index (χ2v) is 8.23. The molecule has 0 N–H and O–H groups in total. The summed E-state index contributed by atoms with van der Waals surface area (Å²) in [4.78, 5) is 0. The van der Waals surface area contributed by atoms with Gasteiger partial charge in [-0.3, -0.25) is 0 Å². The Hall–Kier alpha value is 1.43. The lowest BCUT2D eigenvalue weighted by molar-refractivity contribution is 0.685.